The molecule has 0 saturated carbocycles. The van der Waals surface area contributed by atoms with Gasteiger partial charge in [0.05, 0.1) is 11.3 Å². The Morgan fingerprint density at radius 1 is 1.41 bits per heavy atom. The standard InChI is InChI=1S/C10H8N2O4S/c1-12-9-3-2-8(17(15,16)11-6-13)4-7(9)5-10(12)14/h2-4H,5H2,1H3. The summed E-state index contributed by atoms with van der Waals surface area (Å²) >= 11 is 0. The topological polar surface area (TPSA) is 83.9 Å². The zero-order valence-corrected chi connectivity index (χ0v) is 9.69. The van der Waals surface area contributed by atoms with Crippen LogP contribution in [-0.2, 0) is 26.0 Å². The van der Waals surface area contributed by atoms with Gasteiger partial charge in [0.2, 0.25) is 5.91 Å². The zero-order chi connectivity index (χ0) is 12.6. The lowest BCUT2D eigenvalue weighted by Gasteiger charge is -2.09. The molecule has 0 saturated heterocycles. The first kappa shape index (κ1) is 11.5. The highest BCUT2D eigenvalue weighted by molar-refractivity contribution is 7.90. The van der Waals surface area contributed by atoms with Crippen molar-refractivity contribution in [3.63, 3.8) is 0 Å². The maximum atomic E-state index is 11.5. The molecular weight excluding hydrogens is 244 g/mol. The van der Waals surface area contributed by atoms with E-state index in [1.165, 1.54) is 23.1 Å². The Labute approximate surface area is 97.6 Å². The molecule has 0 fully saturated rings. The number of carbonyl (C=O) groups is 1. The quantitative estimate of drug-likeness (QED) is 0.557. The number of hydrogen-bond donors (Lipinski definition) is 0. The third-order valence-electron chi connectivity index (χ3n) is 2.58. The van der Waals surface area contributed by atoms with Gasteiger partial charge < -0.3 is 4.90 Å². The van der Waals surface area contributed by atoms with Crippen molar-refractivity contribution in [2.24, 2.45) is 4.40 Å². The molecule has 0 aliphatic carbocycles. The molecule has 7 heteroatoms. The molecule has 1 aromatic rings. The van der Waals surface area contributed by atoms with E-state index in [1.54, 1.807) is 7.05 Å². The highest BCUT2D eigenvalue weighted by atomic mass is 32.2. The molecule has 1 aromatic carbocycles. The summed E-state index contributed by atoms with van der Waals surface area (Å²) in [5, 5.41) is 0. The molecule has 2 rings (SSSR count). The molecule has 0 spiro atoms. The number of amides is 1. The number of fused-ring (bicyclic) bond motifs is 1. The van der Waals surface area contributed by atoms with E-state index in [0.717, 1.165) is 6.08 Å². The first-order chi connectivity index (χ1) is 7.95. The summed E-state index contributed by atoms with van der Waals surface area (Å²) in [6.45, 7) is 0. The zero-order valence-electron chi connectivity index (χ0n) is 8.87. The lowest BCUT2D eigenvalue weighted by molar-refractivity contribution is -0.117. The maximum Gasteiger partial charge on any atom is 0.292 e. The van der Waals surface area contributed by atoms with E-state index in [1.807, 2.05) is 0 Å². The van der Waals surface area contributed by atoms with Gasteiger partial charge >= 0.3 is 0 Å². The van der Waals surface area contributed by atoms with Gasteiger partial charge in [0.25, 0.3) is 16.1 Å². The first-order valence-corrected chi connectivity index (χ1v) is 6.13. The van der Waals surface area contributed by atoms with Crippen LogP contribution in [-0.4, -0.2) is 27.5 Å². The molecule has 0 atom stereocenters. The van der Waals surface area contributed by atoms with Crippen LogP contribution >= 0.6 is 0 Å². The summed E-state index contributed by atoms with van der Waals surface area (Å²) < 4.78 is 25.7. The van der Waals surface area contributed by atoms with Crippen LogP contribution in [0, 0.1) is 0 Å². The number of sulfonamides is 1. The molecule has 1 aliphatic rings. The molecule has 0 unspecified atom stereocenters. The normalized spacial score (nSPS) is 14.4. The number of hydrogen-bond acceptors (Lipinski definition) is 4. The average Bonchev–Trinajstić information content (AvgIpc) is 2.54. The largest absolute Gasteiger partial charge is 0.315 e. The smallest absolute Gasteiger partial charge is 0.292 e. The van der Waals surface area contributed by atoms with Crippen molar-refractivity contribution in [2.45, 2.75) is 11.3 Å². The van der Waals surface area contributed by atoms with Gasteiger partial charge in [0.15, 0.2) is 0 Å². The van der Waals surface area contributed by atoms with Crippen LogP contribution < -0.4 is 4.90 Å². The second-order valence-corrected chi connectivity index (χ2v) is 5.18. The van der Waals surface area contributed by atoms with Gasteiger partial charge in [-0.25, -0.2) is 4.79 Å². The molecule has 0 radical (unpaired) electrons. The van der Waals surface area contributed by atoms with Crippen molar-refractivity contribution in [1.82, 2.24) is 0 Å². The van der Waals surface area contributed by atoms with Gasteiger partial charge in [-0.15, -0.1) is 0 Å². The number of anilines is 1. The fourth-order valence-electron chi connectivity index (χ4n) is 1.71. The molecule has 6 nitrogen and oxygen atoms in total. The van der Waals surface area contributed by atoms with Gasteiger partial charge in [-0.1, -0.05) is 4.40 Å². The van der Waals surface area contributed by atoms with Crippen LogP contribution in [0.4, 0.5) is 5.69 Å². The van der Waals surface area contributed by atoms with Gasteiger partial charge in [-0.05, 0) is 23.8 Å². The van der Waals surface area contributed by atoms with Crippen LogP contribution in [0.2, 0.25) is 0 Å². The Morgan fingerprint density at radius 2 is 2.12 bits per heavy atom. The minimum atomic E-state index is -4.00. The van der Waals surface area contributed by atoms with Crippen LogP contribution in [0.1, 0.15) is 5.56 Å². The van der Waals surface area contributed by atoms with Crippen molar-refractivity contribution in [1.29, 1.82) is 0 Å². The molecule has 1 amide bonds. The maximum absolute atomic E-state index is 11.5. The molecule has 0 N–H and O–H groups in total. The average molecular weight is 252 g/mol. The van der Waals surface area contributed by atoms with E-state index >= 15 is 0 Å². The Bertz CT molecular complexity index is 644. The van der Waals surface area contributed by atoms with Crippen molar-refractivity contribution >= 4 is 27.7 Å². The van der Waals surface area contributed by atoms with Crippen molar-refractivity contribution in [2.75, 3.05) is 11.9 Å². The molecule has 17 heavy (non-hydrogen) atoms. The molecule has 0 aromatic heterocycles. The summed E-state index contributed by atoms with van der Waals surface area (Å²) in [7, 11) is -2.38. The SMILES string of the molecule is CN1C(=O)Cc2cc(S(=O)(=O)N=C=O)ccc21. The summed E-state index contributed by atoms with van der Waals surface area (Å²) in [5.41, 5.74) is 1.28. The van der Waals surface area contributed by atoms with Gasteiger partial charge in [-0.2, -0.15) is 8.42 Å². The third-order valence-corrected chi connectivity index (χ3v) is 3.75. The second kappa shape index (κ2) is 3.80. The minimum absolute atomic E-state index is 0.103. The number of nitrogens with zero attached hydrogens (tertiary/aromatic N) is 2. The fraction of sp³-hybridized carbons (Fsp3) is 0.200. The molecular formula is C10H8N2O4S. The predicted molar refractivity (Wildman–Crippen MR) is 58.9 cm³/mol. The minimum Gasteiger partial charge on any atom is -0.315 e. The molecule has 1 aliphatic heterocycles. The Morgan fingerprint density at radius 3 is 2.76 bits per heavy atom. The van der Waals surface area contributed by atoms with E-state index in [-0.39, 0.29) is 17.2 Å². The van der Waals surface area contributed by atoms with E-state index < -0.39 is 10.0 Å². The van der Waals surface area contributed by atoms with E-state index in [0.29, 0.717) is 11.3 Å². The highest BCUT2D eigenvalue weighted by Crippen LogP contribution is 2.29. The van der Waals surface area contributed by atoms with Crippen LogP contribution in [0.5, 0.6) is 0 Å². The lowest BCUT2D eigenvalue weighted by atomic mass is 10.2. The number of benzene rings is 1. The summed E-state index contributed by atoms with van der Waals surface area (Å²) in [6.07, 6.45) is 1.15. The first-order valence-electron chi connectivity index (χ1n) is 4.69. The molecule has 1 heterocycles. The number of rotatable bonds is 2. The summed E-state index contributed by atoms with van der Waals surface area (Å²) in [5.74, 6) is -0.103. The fourth-order valence-corrected chi connectivity index (χ4v) is 2.44. The Hall–Kier alpha value is -1.98. The summed E-state index contributed by atoms with van der Waals surface area (Å²) in [4.78, 5) is 22.8. The van der Waals surface area contributed by atoms with E-state index in [2.05, 4.69) is 4.40 Å². The number of isocyanates is 1. The van der Waals surface area contributed by atoms with Crippen molar-refractivity contribution in [3.05, 3.63) is 23.8 Å². The molecule has 0 bridgehead atoms. The number of carbonyl (C=O) groups excluding carboxylic acids is 2. The van der Waals surface area contributed by atoms with Gasteiger partial charge in [0.1, 0.15) is 0 Å². The molecule has 88 valence electrons. The second-order valence-electron chi connectivity index (χ2n) is 3.58. The lowest BCUT2D eigenvalue weighted by Crippen LogP contribution is -2.20. The van der Waals surface area contributed by atoms with Crippen LogP contribution in [0.15, 0.2) is 27.5 Å². The highest BCUT2D eigenvalue weighted by Gasteiger charge is 2.25. The number of likely N-dealkylation sites (N-methyl/N-ethyl adjacent to an activating group) is 1. The summed E-state index contributed by atoms with van der Waals surface area (Å²) in [6, 6.07) is 4.18. The Balaban J connectivity index is 2.54. The monoisotopic (exact) mass is 252 g/mol. The van der Waals surface area contributed by atoms with Crippen LogP contribution in [0.3, 0.4) is 0 Å². The van der Waals surface area contributed by atoms with E-state index in [4.69, 9.17) is 0 Å². The van der Waals surface area contributed by atoms with Gasteiger partial charge in [-0.3, -0.25) is 4.79 Å². The van der Waals surface area contributed by atoms with Crippen LogP contribution in [0.25, 0.3) is 0 Å². The predicted octanol–water partition coefficient (Wildman–Crippen LogP) is 0.230. The van der Waals surface area contributed by atoms with Gasteiger partial charge in [0, 0.05) is 12.7 Å². The third kappa shape index (κ3) is 1.86. The Kier molecular flexibility index (Phi) is 2.57. The van der Waals surface area contributed by atoms with Crippen molar-refractivity contribution in [3.8, 4) is 0 Å². The van der Waals surface area contributed by atoms with E-state index in [9.17, 15) is 18.0 Å². The van der Waals surface area contributed by atoms with Crippen molar-refractivity contribution < 1.29 is 18.0 Å².